The molecule has 0 N–H and O–H groups in total. The molecule has 3 heterocycles. The van der Waals surface area contributed by atoms with Gasteiger partial charge in [-0.1, -0.05) is 6.92 Å². The van der Waals surface area contributed by atoms with E-state index in [9.17, 15) is 0 Å². The third kappa shape index (κ3) is 3.90. The van der Waals surface area contributed by atoms with E-state index in [4.69, 9.17) is 14.5 Å². The van der Waals surface area contributed by atoms with E-state index in [2.05, 4.69) is 59.7 Å². The molecule has 2 saturated heterocycles. The standard InChI is InChI=1S/C24H31N4O2S/c1-4-17-15-20-24(23(26(2)3)22(17)28-9-13-30-14-10-28)31-21-16-18(5-6-19(21)25-20)27-7-11-29-12-8-27/h5-6,15-16H,4,7-14H2,1-3H3/q+1. The number of anilines is 2. The zero-order valence-corrected chi connectivity index (χ0v) is 19.5. The van der Waals surface area contributed by atoms with Gasteiger partial charge in [0.05, 0.1) is 34.0 Å². The Morgan fingerprint density at radius 3 is 2.52 bits per heavy atom. The van der Waals surface area contributed by atoms with Crippen molar-refractivity contribution in [2.45, 2.75) is 13.3 Å². The Morgan fingerprint density at radius 1 is 1.06 bits per heavy atom. The highest BCUT2D eigenvalue weighted by atomic mass is 32.1. The Morgan fingerprint density at radius 2 is 1.81 bits per heavy atom. The zero-order valence-electron chi connectivity index (χ0n) is 18.7. The molecule has 0 atom stereocenters. The second-order valence-electron chi connectivity index (χ2n) is 8.39. The topological polar surface area (TPSA) is 40.8 Å². The fourth-order valence-corrected chi connectivity index (χ4v) is 5.83. The van der Waals surface area contributed by atoms with Gasteiger partial charge in [-0.15, -0.1) is 11.3 Å². The van der Waals surface area contributed by atoms with Crippen LogP contribution in [0.5, 0.6) is 0 Å². The van der Waals surface area contributed by atoms with Gasteiger partial charge >= 0.3 is 0 Å². The highest BCUT2D eigenvalue weighted by molar-refractivity contribution is 7.22. The normalized spacial score (nSPS) is 17.5. The monoisotopic (exact) mass is 439 g/mol. The van der Waals surface area contributed by atoms with Crippen LogP contribution in [-0.2, 0) is 15.9 Å². The molecule has 7 heteroatoms. The molecule has 1 aromatic carbocycles. The molecule has 0 unspecified atom stereocenters. The number of aromatic nitrogens is 1. The molecular formula is C24H31N4O2S+. The Labute approximate surface area is 187 Å². The highest BCUT2D eigenvalue weighted by Gasteiger charge is 2.25. The van der Waals surface area contributed by atoms with Crippen molar-refractivity contribution in [3.05, 3.63) is 35.2 Å². The lowest BCUT2D eigenvalue weighted by atomic mass is 10.1. The minimum absolute atomic E-state index is 0.788. The predicted octanol–water partition coefficient (Wildman–Crippen LogP) is 2.67. The first-order chi connectivity index (χ1) is 15.2. The van der Waals surface area contributed by atoms with Crippen molar-refractivity contribution >= 4 is 32.9 Å². The first kappa shape index (κ1) is 20.7. The molecule has 2 fully saturated rings. The average molecular weight is 440 g/mol. The summed E-state index contributed by atoms with van der Waals surface area (Å²) < 4.78 is 14.9. The third-order valence-corrected chi connectivity index (χ3v) is 7.37. The maximum absolute atomic E-state index is 5.63. The van der Waals surface area contributed by atoms with E-state index in [1.165, 1.54) is 31.9 Å². The van der Waals surface area contributed by atoms with Gasteiger partial charge in [0.25, 0.3) is 0 Å². The number of nitrogens with zero attached hydrogens (tertiary/aromatic N) is 4. The highest BCUT2D eigenvalue weighted by Crippen LogP contribution is 2.38. The predicted molar refractivity (Wildman–Crippen MR) is 129 cm³/mol. The summed E-state index contributed by atoms with van der Waals surface area (Å²) in [6, 6.07) is 8.99. The summed E-state index contributed by atoms with van der Waals surface area (Å²) >= 11 is 1.86. The summed E-state index contributed by atoms with van der Waals surface area (Å²) in [6.07, 6.45) is 0.990. The molecule has 0 spiro atoms. The number of rotatable bonds is 3. The summed E-state index contributed by atoms with van der Waals surface area (Å²) in [5, 5.41) is 1.35. The van der Waals surface area contributed by atoms with Crippen LogP contribution in [0.1, 0.15) is 12.5 Å². The van der Waals surface area contributed by atoms with Crippen molar-refractivity contribution in [1.29, 1.82) is 0 Å². The van der Waals surface area contributed by atoms with Gasteiger partial charge in [0, 0.05) is 38.4 Å². The van der Waals surface area contributed by atoms with Crippen LogP contribution in [0.3, 0.4) is 0 Å². The number of hydrogen-bond acceptors (Lipinski definition) is 6. The molecular weight excluding hydrogens is 408 g/mol. The fraction of sp³-hybridized carbons (Fsp3) is 0.500. The van der Waals surface area contributed by atoms with Gasteiger partial charge < -0.3 is 19.3 Å². The average Bonchev–Trinajstić information content (AvgIpc) is 2.82. The van der Waals surface area contributed by atoms with Crippen molar-refractivity contribution in [3.8, 4) is 10.6 Å². The second kappa shape index (κ2) is 8.73. The molecule has 0 bridgehead atoms. The van der Waals surface area contributed by atoms with Crippen molar-refractivity contribution in [1.82, 2.24) is 9.56 Å². The summed E-state index contributed by atoms with van der Waals surface area (Å²) in [4.78, 5) is 11.0. The van der Waals surface area contributed by atoms with Crippen LogP contribution in [0.15, 0.2) is 24.3 Å². The van der Waals surface area contributed by atoms with E-state index in [-0.39, 0.29) is 0 Å². The third-order valence-electron chi connectivity index (χ3n) is 6.22. The van der Waals surface area contributed by atoms with E-state index in [0.29, 0.717) is 0 Å². The number of aryl methyl sites for hydroxylation is 1. The lowest BCUT2D eigenvalue weighted by Gasteiger charge is -2.29. The molecule has 6 nitrogen and oxygen atoms in total. The largest absolute Gasteiger partial charge is 0.378 e. The number of fused-ring (bicyclic) bond motifs is 2. The van der Waals surface area contributed by atoms with Gasteiger partial charge in [0.1, 0.15) is 18.9 Å². The van der Waals surface area contributed by atoms with Gasteiger partial charge in [-0.05, 0) is 30.7 Å². The van der Waals surface area contributed by atoms with E-state index in [1.807, 2.05) is 11.3 Å². The Balaban J connectivity index is 1.75. The minimum atomic E-state index is 0.788. The van der Waals surface area contributed by atoms with Gasteiger partial charge in [0.15, 0.2) is 13.1 Å². The zero-order chi connectivity index (χ0) is 21.4. The van der Waals surface area contributed by atoms with Gasteiger partial charge in [0.2, 0.25) is 5.36 Å². The lowest BCUT2D eigenvalue weighted by Crippen LogP contribution is -2.43. The van der Waals surface area contributed by atoms with Crippen LogP contribution >= 0.6 is 11.3 Å². The lowest BCUT2D eigenvalue weighted by molar-refractivity contribution is 0.0965. The molecule has 164 valence electrons. The van der Waals surface area contributed by atoms with Crippen LogP contribution < -0.4 is 19.7 Å². The molecule has 1 aromatic rings. The summed E-state index contributed by atoms with van der Waals surface area (Å²) in [5.41, 5.74) is 6.07. The fourth-order valence-electron chi connectivity index (χ4n) is 4.62. The molecule has 31 heavy (non-hydrogen) atoms. The first-order valence-electron chi connectivity index (χ1n) is 11.2. The smallest absolute Gasteiger partial charge is 0.228 e. The molecule has 0 radical (unpaired) electrons. The van der Waals surface area contributed by atoms with Gasteiger partial charge in [-0.2, -0.15) is 0 Å². The van der Waals surface area contributed by atoms with E-state index in [1.54, 1.807) is 0 Å². The first-order valence-corrected chi connectivity index (χ1v) is 12.0. The summed E-state index contributed by atoms with van der Waals surface area (Å²) in [5.74, 6) is 0. The van der Waals surface area contributed by atoms with E-state index >= 15 is 0 Å². The minimum Gasteiger partial charge on any atom is -0.378 e. The molecule has 0 aromatic heterocycles. The molecule has 5 rings (SSSR count). The summed E-state index contributed by atoms with van der Waals surface area (Å²) in [6.45, 7) is 9.17. The molecule has 1 aliphatic carbocycles. The number of morpholine rings is 2. The second-order valence-corrected chi connectivity index (χ2v) is 9.45. The number of benzene rings is 2. The summed E-state index contributed by atoms with van der Waals surface area (Å²) in [7, 11) is 4.30. The van der Waals surface area contributed by atoms with Crippen molar-refractivity contribution in [2.75, 3.05) is 76.5 Å². The van der Waals surface area contributed by atoms with Crippen LogP contribution in [0.25, 0.3) is 20.8 Å². The Bertz CT molecular complexity index is 1130. The molecule has 0 saturated carbocycles. The Kier molecular flexibility index (Phi) is 5.82. The number of ether oxygens (including phenoxy) is 2. The van der Waals surface area contributed by atoms with Crippen molar-refractivity contribution < 1.29 is 9.47 Å². The van der Waals surface area contributed by atoms with E-state index in [0.717, 1.165) is 70.2 Å². The van der Waals surface area contributed by atoms with E-state index < -0.39 is 0 Å². The molecule has 0 amide bonds. The maximum Gasteiger partial charge on any atom is 0.228 e. The van der Waals surface area contributed by atoms with Gasteiger partial charge in [-0.3, -0.25) is 0 Å². The van der Waals surface area contributed by atoms with Crippen LogP contribution in [-0.4, -0.2) is 71.7 Å². The van der Waals surface area contributed by atoms with Crippen molar-refractivity contribution in [2.24, 2.45) is 0 Å². The van der Waals surface area contributed by atoms with Crippen LogP contribution in [0, 0.1) is 0 Å². The van der Waals surface area contributed by atoms with Gasteiger partial charge in [-0.25, -0.2) is 9.56 Å². The Hall–Kier alpha value is -2.22. The molecule has 4 aliphatic rings. The molecule has 3 aliphatic heterocycles. The maximum atomic E-state index is 5.63. The van der Waals surface area contributed by atoms with Crippen LogP contribution in [0.2, 0.25) is 0 Å². The SMILES string of the molecule is CCc1cc2nc3ccc(N4CCOCC4)cc3sc-2c(N(C)C)c1=[N+]1CCOCC1. The quantitative estimate of drug-likeness (QED) is 0.464. The van der Waals surface area contributed by atoms with Crippen molar-refractivity contribution in [3.63, 3.8) is 0 Å². The number of hydrogen-bond donors (Lipinski definition) is 0. The van der Waals surface area contributed by atoms with Crippen LogP contribution in [0.4, 0.5) is 11.4 Å².